The van der Waals surface area contributed by atoms with Gasteiger partial charge in [0.15, 0.2) is 0 Å². The van der Waals surface area contributed by atoms with Crippen LogP contribution >= 0.6 is 0 Å². The van der Waals surface area contributed by atoms with Crippen LogP contribution in [0.3, 0.4) is 0 Å². The highest BCUT2D eigenvalue weighted by Gasteiger charge is 2.18. The molecule has 126 valence electrons. The minimum Gasteiger partial charge on any atom is -0.467 e. The van der Waals surface area contributed by atoms with Crippen molar-refractivity contribution < 1.29 is 13.9 Å². The molecule has 1 aromatic carbocycles. The molecule has 1 amide bonds. The number of hydrogen-bond acceptors (Lipinski definition) is 3. The van der Waals surface area contributed by atoms with E-state index in [9.17, 15) is 4.79 Å². The molecule has 5 heteroatoms. The molecule has 0 aliphatic carbocycles. The molecule has 0 unspecified atom stereocenters. The molecule has 0 spiro atoms. The van der Waals surface area contributed by atoms with Gasteiger partial charge in [-0.1, -0.05) is 0 Å². The SMILES string of the molecule is COCCN(Cc1ccco1)C(=O)c1ccc2[nH]c(C)c(C)c2c1. The van der Waals surface area contributed by atoms with Crippen molar-refractivity contribution in [2.24, 2.45) is 0 Å². The molecule has 1 N–H and O–H groups in total. The summed E-state index contributed by atoms with van der Waals surface area (Å²) in [6.45, 7) is 5.53. The predicted molar refractivity (Wildman–Crippen MR) is 93.1 cm³/mol. The Morgan fingerprint density at radius 1 is 1.29 bits per heavy atom. The highest BCUT2D eigenvalue weighted by Crippen LogP contribution is 2.23. The Balaban J connectivity index is 1.89. The lowest BCUT2D eigenvalue weighted by atomic mass is 10.1. The third-order valence-electron chi connectivity index (χ3n) is 4.33. The summed E-state index contributed by atoms with van der Waals surface area (Å²) >= 11 is 0. The fourth-order valence-electron chi connectivity index (χ4n) is 2.82. The van der Waals surface area contributed by atoms with Gasteiger partial charge in [-0.25, -0.2) is 0 Å². The number of aromatic nitrogens is 1. The van der Waals surface area contributed by atoms with E-state index in [2.05, 4.69) is 11.9 Å². The van der Waals surface area contributed by atoms with Crippen LogP contribution in [0.25, 0.3) is 10.9 Å². The zero-order valence-electron chi connectivity index (χ0n) is 14.3. The number of rotatable bonds is 6. The van der Waals surface area contributed by atoms with Crippen LogP contribution in [0.1, 0.15) is 27.4 Å². The first kappa shape index (κ1) is 16.3. The number of benzene rings is 1. The van der Waals surface area contributed by atoms with Crippen LogP contribution in [0.4, 0.5) is 0 Å². The number of methoxy groups -OCH3 is 1. The molecule has 2 heterocycles. The molecule has 0 aliphatic rings. The molecule has 0 saturated heterocycles. The van der Waals surface area contributed by atoms with Gasteiger partial charge < -0.3 is 19.0 Å². The fourth-order valence-corrected chi connectivity index (χ4v) is 2.82. The minimum atomic E-state index is -0.0244. The number of nitrogens with one attached hydrogen (secondary N) is 1. The highest BCUT2D eigenvalue weighted by molar-refractivity contribution is 5.99. The molecule has 3 aromatic rings. The molecule has 2 aromatic heterocycles. The molecule has 0 atom stereocenters. The number of fused-ring (bicyclic) bond motifs is 1. The number of amides is 1. The Bertz CT molecular complexity index is 834. The summed E-state index contributed by atoms with van der Waals surface area (Å²) in [5.74, 6) is 0.734. The minimum absolute atomic E-state index is 0.0244. The maximum Gasteiger partial charge on any atom is 0.254 e. The van der Waals surface area contributed by atoms with E-state index in [1.54, 1.807) is 18.3 Å². The lowest BCUT2D eigenvalue weighted by Gasteiger charge is -2.21. The predicted octanol–water partition coefficient (Wildman–Crippen LogP) is 3.67. The van der Waals surface area contributed by atoms with Gasteiger partial charge in [0.05, 0.1) is 19.4 Å². The van der Waals surface area contributed by atoms with E-state index in [1.165, 1.54) is 5.56 Å². The summed E-state index contributed by atoms with van der Waals surface area (Å²) in [4.78, 5) is 18.0. The Kier molecular flexibility index (Phi) is 4.71. The van der Waals surface area contributed by atoms with Gasteiger partial charge in [0.25, 0.3) is 5.91 Å². The van der Waals surface area contributed by atoms with E-state index in [0.29, 0.717) is 25.3 Å². The third-order valence-corrected chi connectivity index (χ3v) is 4.33. The first-order valence-electron chi connectivity index (χ1n) is 7.99. The van der Waals surface area contributed by atoms with Crippen LogP contribution in [0.15, 0.2) is 41.0 Å². The van der Waals surface area contributed by atoms with Crippen molar-refractivity contribution in [3.8, 4) is 0 Å². The summed E-state index contributed by atoms with van der Waals surface area (Å²) in [7, 11) is 1.63. The van der Waals surface area contributed by atoms with E-state index >= 15 is 0 Å². The Morgan fingerprint density at radius 3 is 2.83 bits per heavy atom. The Labute approximate surface area is 141 Å². The highest BCUT2D eigenvalue weighted by atomic mass is 16.5. The van der Waals surface area contributed by atoms with Crippen molar-refractivity contribution in [3.05, 3.63) is 59.2 Å². The largest absolute Gasteiger partial charge is 0.467 e. The number of nitrogens with zero attached hydrogens (tertiary/aromatic N) is 1. The lowest BCUT2D eigenvalue weighted by Crippen LogP contribution is -2.33. The van der Waals surface area contributed by atoms with E-state index in [1.807, 2.05) is 37.3 Å². The van der Waals surface area contributed by atoms with Crippen molar-refractivity contribution in [2.45, 2.75) is 20.4 Å². The van der Waals surface area contributed by atoms with Crippen LogP contribution < -0.4 is 0 Å². The molecule has 3 rings (SSSR count). The van der Waals surface area contributed by atoms with Crippen molar-refractivity contribution in [1.29, 1.82) is 0 Å². The van der Waals surface area contributed by atoms with Crippen LogP contribution in [-0.4, -0.2) is 36.1 Å². The van der Waals surface area contributed by atoms with E-state index < -0.39 is 0 Å². The number of aromatic amines is 1. The topological polar surface area (TPSA) is 58.5 Å². The number of aryl methyl sites for hydroxylation is 2. The van der Waals surface area contributed by atoms with E-state index in [-0.39, 0.29) is 5.91 Å². The molecule has 0 radical (unpaired) electrons. The summed E-state index contributed by atoms with van der Waals surface area (Å²) < 4.78 is 10.5. The molecular formula is C19H22N2O3. The van der Waals surface area contributed by atoms with Gasteiger partial charge in [0.1, 0.15) is 5.76 Å². The number of carbonyl (C=O) groups excluding carboxylic acids is 1. The van der Waals surface area contributed by atoms with Crippen molar-refractivity contribution in [1.82, 2.24) is 9.88 Å². The van der Waals surface area contributed by atoms with E-state index in [4.69, 9.17) is 9.15 Å². The van der Waals surface area contributed by atoms with Crippen molar-refractivity contribution in [2.75, 3.05) is 20.3 Å². The van der Waals surface area contributed by atoms with Gasteiger partial charge in [-0.15, -0.1) is 0 Å². The van der Waals surface area contributed by atoms with Crippen LogP contribution in [0, 0.1) is 13.8 Å². The smallest absolute Gasteiger partial charge is 0.254 e. The third kappa shape index (κ3) is 3.21. The van der Waals surface area contributed by atoms with Crippen molar-refractivity contribution >= 4 is 16.8 Å². The fraction of sp³-hybridized carbons (Fsp3) is 0.316. The summed E-state index contributed by atoms with van der Waals surface area (Å²) in [6.07, 6.45) is 1.62. The summed E-state index contributed by atoms with van der Waals surface area (Å²) in [5, 5.41) is 1.09. The van der Waals surface area contributed by atoms with Gasteiger partial charge in [-0.3, -0.25) is 4.79 Å². The second kappa shape index (κ2) is 6.93. The average molecular weight is 326 g/mol. The standard InChI is InChI=1S/C19H22N2O3/c1-13-14(2)20-18-7-6-15(11-17(13)18)19(22)21(8-10-23-3)12-16-5-4-9-24-16/h4-7,9,11,20H,8,10,12H2,1-3H3. The van der Waals surface area contributed by atoms with Gasteiger partial charge in [-0.2, -0.15) is 0 Å². The first-order valence-corrected chi connectivity index (χ1v) is 7.99. The molecule has 0 fully saturated rings. The summed E-state index contributed by atoms with van der Waals surface area (Å²) in [5.41, 5.74) is 4.03. The van der Waals surface area contributed by atoms with Crippen LogP contribution in [-0.2, 0) is 11.3 Å². The molecule has 5 nitrogen and oxygen atoms in total. The first-order chi connectivity index (χ1) is 11.6. The van der Waals surface area contributed by atoms with Crippen LogP contribution in [0.5, 0.6) is 0 Å². The molecule has 0 aliphatic heterocycles. The Morgan fingerprint density at radius 2 is 2.12 bits per heavy atom. The quantitative estimate of drug-likeness (QED) is 0.752. The number of carbonyl (C=O) groups is 1. The maximum absolute atomic E-state index is 13.0. The maximum atomic E-state index is 13.0. The number of ether oxygens (including phenoxy) is 1. The zero-order chi connectivity index (χ0) is 17.1. The normalized spacial score (nSPS) is 11.1. The second-order valence-electron chi connectivity index (χ2n) is 5.93. The number of hydrogen-bond donors (Lipinski definition) is 1. The van der Waals surface area contributed by atoms with Gasteiger partial charge in [-0.05, 0) is 49.7 Å². The van der Waals surface area contributed by atoms with Crippen molar-refractivity contribution in [3.63, 3.8) is 0 Å². The van der Waals surface area contributed by atoms with Crippen LogP contribution in [0.2, 0.25) is 0 Å². The Hall–Kier alpha value is -2.53. The van der Waals surface area contributed by atoms with E-state index in [0.717, 1.165) is 22.4 Å². The zero-order valence-corrected chi connectivity index (χ0v) is 14.3. The number of H-pyrrole nitrogens is 1. The molecule has 0 bridgehead atoms. The van der Waals surface area contributed by atoms with Gasteiger partial charge in [0, 0.05) is 35.8 Å². The monoisotopic (exact) mass is 326 g/mol. The average Bonchev–Trinajstić information content (AvgIpc) is 3.19. The summed E-state index contributed by atoms with van der Waals surface area (Å²) in [6, 6.07) is 9.48. The van der Waals surface area contributed by atoms with Gasteiger partial charge in [0.2, 0.25) is 0 Å². The molecule has 24 heavy (non-hydrogen) atoms. The van der Waals surface area contributed by atoms with Gasteiger partial charge >= 0.3 is 0 Å². The molecular weight excluding hydrogens is 304 g/mol. The lowest BCUT2D eigenvalue weighted by molar-refractivity contribution is 0.0666. The number of furan rings is 1. The second-order valence-corrected chi connectivity index (χ2v) is 5.93. The molecule has 0 saturated carbocycles.